The average Bonchev–Trinajstić information content (AvgIpc) is 2.75. The Morgan fingerprint density at radius 3 is 2.71 bits per heavy atom. The van der Waals surface area contributed by atoms with Crippen molar-refractivity contribution in [3.8, 4) is 0 Å². The Bertz CT molecular complexity index is 441. The van der Waals surface area contributed by atoms with Crippen LogP contribution in [0.1, 0.15) is 31.2 Å². The molecule has 1 aromatic rings. The minimum absolute atomic E-state index is 0.266. The third-order valence-electron chi connectivity index (χ3n) is 3.47. The molecule has 1 atom stereocenters. The number of carbonyl (C=O) groups is 1. The molecule has 94 valence electrons. The first kappa shape index (κ1) is 12.6. The zero-order chi connectivity index (χ0) is 12.6. The van der Waals surface area contributed by atoms with Crippen LogP contribution in [0.25, 0.3) is 0 Å². The van der Waals surface area contributed by atoms with Gasteiger partial charge in [-0.05, 0) is 28.8 Å². The van der Waals surface area contributed by atoms with Gasteiger partial charge in [0.2, 0.25) is 5.91 Å². The van der Waals surface area contributed by atoms with Crippen molar-refractivity contribution >= 4 is 21.8 Å². The van der Waals surface area contributed by atoms with Crippen LogP contribution in [0.4, 0.5) is 0 Å². The second kappa shape index (κ2) is 4.80. The van der Waals surface area contributed by atoms with E-state index in [1.54, 1.807) is 0 Å². The summed E-state index contributed by atoms with van der Waals surface area (Å²) in [6.07, 6.45) is 1.78. The standard InChI is InChI=1S/C12H18BrN3O/c1-4-9-5-11(17)16(6-9)7-10-12(13)8(2)14-15(10)3/h9H,4-7H2,1-3H3. The summed E-state index contributed by atoms with van der Waals surface area (Å²) in [5, 5.41) is 4.35. The van der Waals surface area contributed by atoms with Gasteiger partial charge in [0.05, 0.1) is 22.4 Å². The highest BCUT2D eigenvalue weighted by Gasteiger charge is 2.29. The second-order valence-corrected chi connectivity index (χ2v) is 5.52. The fourth-order valence-corrected chi connectivity index (χ4v) is 2.77. The number of hydrogen-bond acceptors (Lipinski definition) is 2. The summed E-state index contributed by atoms with van der Waals surface area (Å²) < 4.78 is 2.87. The molecule has 17 heavy (non-hydrogen) atoms. The Labute approximate surface area is 110 Å². The molecule has 4 nitrogen and oxygen atoms in total. The Kier molecular flexibility index (Phi) is 3.56. The molecule has 1 aromatic heterocycles. The Hall–Kier alpha value is -0.840. The molecular weight excluding hydrogens is 282 g/mol. The lowest BCUT2D eigenvalue weighted by Crippen LogP contribution is -2.26. The van der Waals surface area contributed by atoms with Crippen LogP contribution >= 0.6 is 15.9 Å². The zero-order valence-electron chi connectivity index (χ0n) is 10.5. The van der Waals surface area contributed by atoms with Gasteiger partial charge in [0.25, 0.3) is 0 Å². The molecule has 1 aliphatic heterocycles. The van der Waals surface area contributed by atoms with Gasteiger partial charge >= 0.3 is 0 Å². The SMILES string of the molecule is CCC1CC(=O)N(Cc2c(Br)c(C)nn2C)C1. The van der Waals surface area contributed by atoms with E-state index in [1.807, 2.05) is 23.6 Å². The molecule has 0 saturated carbocycles. The lowest BCUT2D eigenvalue weighted by atomic mass is 10.1. The van der Waals surface area contributed by atoms with Gasteiger partial charge in [-0.1, -0.05) is 13.3 Å². The van der Waals surface area contributed by atoms with Crippen molar-refractivity contribution in [2.75, 3.05) is 6.54 Å². The molecule has 5 heteroatoms. The first-order chi connectivity index (χ1) is 8.02. The quantitative estimate of drug-likeness (QED) is 0.858. The highest BCUT2D eigenvalue weighted by atomic mass is 79.9. The lowest BCUT2D eigenvalue weighted by Gasteiger charge is -2.16. The highest BCUT2D eigenvalue weighted by molar-refractivity contribution is 9.10. The summed E-state index contributed by atoms with van der Waals surface area (Å²) in [6, 6.07) is 0. The van der Waals surface area contributed by atoms with E-state index < -0.39 is 0 Å². The summed E-state index contributed by atoms with van der Waals surface area (Å²) in [4.78, 5) is 13.8. The molecular formula is C12H18BrN3O. The van der Waals surface area contributed by atoms with E-state index in [-0.39, 0.29) is 5.91 Å². The van der Waals surface area contributed by atoms with Crippen LogP contribution in [0.15, 0.2) is 4.47 Å². The van der Waals surface area contributed by atoms with E-state index in [2.05, 4.69) is 28.0 Å². The number of aromatic nitrogens is 2. The zero-order valence-corrected chi connectivity index (χ0v) is 12.1. The molecule has 1 aliphatic rings. The number of carbonyl (C=O) groups excluding carboxylic acids is 1. The van der Waals surface area contributed by atoms with Crippen molar-refractivity contribution in [2.24, 2.45) is 13.0 Å². The third-order valence-corrected chi connectivity index (χ3v) is 4.51. The van der Waals surface area contributed by atoms with Crippen molar-refractivity contribution in [3.05, 3.63) is 15.9 Å². The van der Waals surface area contributed by atoms with Crippen LogP contribution in [0.5, 0.6) is 0 Å². The van der Waals surface area contributed by atoms with Crippen molar-refractivity contribution in [1.29, 1.82) is 0 Å². The van der Waals surface area contributed by atoms with Gasteiger partial charge < -0.3 is 4.90 Å². The van der Waals surface area contributed by atoms with E-state index >= 15 is 0 Å². The van der Waals surface area contributed by atoms with Crippen LogP contribution in [-0.2, 0) is 18.4 Å². The summed E-state index contributed by atoms with van der Waals surface area (Å²) in [7, 11) is 1.92. The number of nitrogens with zero attached hydrogens (tertiary/aromatic N) is 3. The highest BCUT2D eigenvalue weighted by Crippen LogP contribution is 2.26. The number of aryl methyl sites for hydroxylation is 2. The van der Waals surface area contributed by atoms with Crippen LogP contribution in [0.3, 0.4) is 0 Å². The minimum atomic E-state index is 0.266. The predicted molar refractivity (Wildman–Crippen MR) is 69.5 cm³/mol. The monoisotopic (exact) mass is 299 g/mol. The number of amides is 1. The summed E-state index contributed by atoms with van der Waals surface area (Å²) >= 11 is 3.54. The number of rotatable bonds is 3. The van der Waals surface area contributed by atoms with Crippen molar-refractivity contribution in [1.82, 2.24) is 14.7 Å². The fraction of sp³-hybridized carbons (Fsp3) is 0.667. The summed E-state index contributed by atoms with van der Waals surface area (Å²) in [5.41, 5.74) is 2.05. The van der Waals surface area contributed by atoms with E-state index in [0.29, 0.717) is 18.9 Å². The van der Waals surface area contributed by atoms with Gasteiger partial charge in [0.15, 0.2) is 0 Å². The van der Waals surface area contributed by atoms with Gasteiger partial charge in [-0.3, -0.25) is 9.48 Å². The molecule has 0 bridgehead atoms. The molecule has 0 aliphatic carbocycles. The Balaban J connectivity index is 2.14. The van der Waals surface area contributed by atoms with Crippen molar-refractivity contribution in [2.45, 2.75) is 33.2 Å². The maximum absolute atomic E-state index is 11.9. The topological polar surface area (TPSA) is 38.1 Å². The number of likely N-dealkylation sites (tertiary alicyclic amines) is 1. The molecule has 0 aromatic carbocycles. The molecule has 2 rings (SSSR count). The Morgan fingerprint density at radius 1 is 1.53 bits per heavy atom. The van der Waals surface area contributed by atoms with E-state index in [0.717, 1.165) is 28.8 Å². The Morgan fingerprint density at radius 2 is 2.24 bits per heavy atom. The molecule has 1 amide bonds. The fourth-order valence-electron chi connectivity index (χ4n) is 2.31. The lowest BCUT2D eigenvalue weighted by molar-refractivity contribution is -0.128. The third kappa shape index (κ3) is 2.39. The van der Waals surface area contributed by atoms with Crippen LogP contribution in [0.2, 0.25) is 0 Å². The molecule has 0 radical (unpaired) electrons. The van der Waals surface area contributed by atoms with Gasteiger partial charge in [-0.15, -0.1) is 0 Å². The molecule has 0 N–H and O–H groups in total. The maximum atomic E-state index is 11.9. The summed E-state index contributed by atoms with van der Waals surface area (Å²) in [5.74, 6) is 0.790. The molecule has 1 unspecified atom stereocenters. The molecule has 1 saturated heterocycles. The van der Waals surface area contributed by atoms with E-state index in [1.165, 1.54) is 0 Å². The number of hydrogen-bond donors (Lipinski definition) is 0. The first-order valence-corrected chi connectivity index (χ1v) is 6.78. The largest absolute Gasteiger partial charge is 0.336 e. The van der Waals surface area contributed by atoms with Crippen molar-refractivity contribution < 1.29 is 4.79 Å². The first-order valence-electron chi connectivity index (χ1n) is 5.98. The van der Waals surface area contributed by atoms with Gasteiger partial charge in [-0.25, -0.2) is 0 Å². The van der Waals surface area contributed by atoms with Gasteiger partial charge in [0, 0.05) is 20.0 Å². The van der Waals surface area contributed by atoms with Gasteiger partial charge in [0.1, 0.15) is 0 Å². The maximum Gasteiger partial charge on any atom is 0.223 e. The minimum Gasteiger partial charge on any atom is -0.336 e. The normalized spacial score (nSPS) is 20.4. The molecule has 0 spiro atoms. The van der Waals surface area contributed by atoms with Crippen LogP contribution < -0.4 is 0 Å². The summed E-state index contributed by atoms with van der Waals surface area (Å²) in [6.45, 7) is 5.65. The van der Waals surface area contributed by atoms with Gasteiger partial charge in [-0.2, -0.15) is 5.10 Å². The molecule has 2 heterocycles. The van der Waals surface area contributed by atoms with E-state index in [9.17, 15) is 4.79 Å². The second-order valence-electron chi connectivity index (χ2n) is 4.72. The van der Waals surface area contributed by atoms with E-state index in [4.69, 9.17) is 0 Å². The molecule has 1 fully saturated rings. The average molecular weight is 300 g/mol. The van der Waals surface area contributed by atoms with Crippen molar-refractivity contribution in [3.63, 3.8) is 0 Å². The van der Waals surface area contributed by atoms with Crippen LogP contribution in [-0.4, -0.2) is 27.1 Å². The smallest absolute Gasteiger partial charge is 0.223 e. The van der Waals surface area contributed by atoms with Crippen LogP contribution in [0, 0.1) is 12.8 Å². The number of halogens is 1. The predicted octanol–water partition coefficient (Wildman–Crippen LogP) is 2.25.